The predicted octanol–water partition coefficient (Wildman–Crippen LogP) is 4.49. The number of benzene rings is 1. The lowest BCUT2D eigenvalue weighted by Crippen LogP contribution is -2.38. The number of likely N-dealkylation sites (tertiary alicyclic amines) is 1. The maximum absolute atomic E-state index is 13.0. The summed E-state index contributed by atoms with van der Waals surface area (Å²) in [6.07, 6.45) is 2.46. The fourth-order valence-electron chi connectivity index (χ4n) is 3.24. The van der Waals surface area contributed by atoms with E-state index in [1.54, 1.807) is 23.5 Å². The van der Waals surface area contributed by atoms with Gasteiger partial charge in [0.15, 0.2) is 0 Å². The Morgan fingerprint density at radius 3 is 2.58 bits per heavy atom. The molecule has 1 amide bonds. The van der Waals surface area contributed by atoms with Crippen LogP contribution in [0.4, 0.5) is 4.39 Å². The smallest absolute Gasteiger partial charge is 0.223 e. The third kappa shape index (κ3) is 4.01. The summed E-state index contributed by atoms with van der Waals surface area (Å²) in [7, 11) is 0. The van der Waals surface area contributed by atoms with Crippen LogP contribution in [0.1, 0.15) is 54.3 Å². The minimum Gasteiger partial charge on any atom is -0.343 e. The van der Waals surface area contributed by atoms with Gasteiger partial charge in [0.25, 0.3) is 0 Å². The van der Waals surface area contributed by atoms with Crippen molar-refractivity contribution in [3.63, 3.8) is 0 Å². The van der Waals surface area contributed by atoms with Gasteiger partial charge in [-0.2, -0.15) is 0 Å². The van der Waals surface area contributed by atoms with Crippen molar-refractivity contribution in [3.8, 4) is 0 Å². The summed E-state index contributed by atoms with van der Waals surface area (Å²) in [5.41, 5.74) is 2.10. The first-order valence-electron chi connectivity index (χ1n) is 8.48. The van der Waals surface area contributed by atoms with Gasteiger partial charge in [0.05, 0.1) is 5.01 Å². The van der Waals surface area contributed by atoms with Crippen LogP contribution in [0.25, 0.3) is 0 Å². The molecule has 0 unspecified atom stereocenters. The molecule has 1 aliphatic rings. The van der Waals surface area contributed by atoms with Gasteiger partial charge >= 0.3 is 0 Å². The number of aryl methyl sites for hydroxylation is 1. The van der Waals surface area contributed by atoms with E-state index in [9.17, 15) is 9.18 Å². The predicted molar refractivity (Wildman–Crippen MR) is 94.8 cm³/mol. The lowest BCUT2D eigenvalue weighted by Gasteiger charge is -2.32. The van der Waals surface area contributed by atoms with E-state index in [4.69, 9.17) is 0 Å². The molecule has 0 radical (unpaired) electrons. The Morgan fingerprint density at radius 2 is 2.00 bits per heavy atom. The van der Waals surface area contributed by atoms with Crippen LogP contribution in [0.15, 0.2) is 29.6 Å². The van der Waals surface area contributed by atoms with Crippen molar-refractivity contribution in [2.45, 2.75) is 44.9 Å². The normalized spacial score (nSPS) is 17.0. The zero-order valence-electron chi connectivity index (χ0n) is 14.2. The number of rotatable bonds is 4. The maximum Gasteiger partial charge on any atom is 0.223 e. The number of hydrogen-bond donors (Lipinski definition) is 0. The van der Waals surface area contributed by atoms with Crippen molar-refractivity contribution >= 4 is 17.2 Å². The zero-order valence-corrected chi connectivity index (χ0v) is 15.0. The Kier molecular flexibility index (Phi) is 5.29. The van der Waals surface area contributed by atoms with Gasteiger partial charge in [-0.05, 0) is 43.4 Å². The molecule has 0 bridgehead atoms. The Bertz CT molecular complexity index is 690. The van der Waals surface area contributed by atoms with Gasteiger partial charge in [0.1, 0.15) is 5.82 Å². The Balaban J connectivity index is 1.52. The molecule has 1 fully saturated rings. The Morgan fingerprint density at radius 1 is 1.33 bits per heavy atom. The molecule has 0 N–H and O–H groups in total. The molecule has 0 spiro atoms. The van der Waals surface area contributed by atoms with Crippen LogP contribution in [-0.4, -0.2) is 28.9 Å². The van der Waals surface area contributed by atoms with E-state index in [0.717, 1.165) is 37.2 Å². The van der Waals surface area contributed by atoms with Gasteiger partial charge in [-0.15, -0.1) is 11.3 Å². The molecule has 3 rings (SSSR count). The standard InChI is InChI=1S/C19H23FN2OS/c1-13(15-3-5-17(20)6-4-15)11-18(23)22-9-7-16(8-10-22)19-21-14(2)12-24-19/h3-6,12-13,16H,7-11H2,1-2H3/t13-/m0/s1. The molecule has 0 aliphatic carbocycles. The first kappa shape index (κ1) is 17.1. The van der Waals surface area contributed by atoms with Crippen molar-refractivity contribution in [2.24, 2.45) is 0 Å². The molecule has 1 aliphatic heterocycles. The largest absolute Gasteiger partial charge is 0.343 e. The monoisotopic (exact) mass is 346 g/mol. The van der Waals surface area contributed by atoms with E-state index in [-0.39, 0.29) is 17.6 Å². The molecule has 2 heterocycles. The summed E-state index contributed by atoms with van der Waals surface area (Å²) < 4.78 is 13.0. The molecule has 2 aromatic rings. The third-order valence-electron chi connectivity index (χ3n) is 4.75. The molecular weight excluding hydrogens is 323 g/mol. The minimum absolute atomic E-state index is 0.109. The molecule has 1 atom stereocenters. The van der Waals surface area contributed by atoms with Crippen molar-refractivity contribution in [3.05, 3.63) is 51.7 Å². The molecule has 1 saturated heterocycles. The van der Waals surface area contributed by atoms with Crippen molar-refractivity contribution in [2.75, 3.05) is 13.1 Å². The lowest BCUT2D eigenvalue weighted by molar-refractivity contribution is -0.132. The third-order valence-corrected chi connectivity index (χ3v) is 5.88. The van der Waals surface area contributed by atoms with Crippen LogP contribution in [0.5, 0.6) is 0 Å². The number of nitrogens with zero attached hydrogens (tertiary/aromatic N) is 2. The van der Waals surface area contributed by atoms with Crippen LogP contribution in [0.3, 0.4) is 0 Å². The number of carbonyl (C=O) groups excluding carboxylic acids is 1. The molecule has 1 aromatic heterocycles. The highest BCUT2D eigenvalue weighted by Gasteiger charge is 2.26. The highest BCUT2D eigenvalue weighted by molar-refractivity contribution is 7.09. The maximum atomic E-state index is 13.0. The van der Waals surface area contributed by atoms with Gasteiger partial charge < -0.3 is 4.90 Å². The lowest BCUT2D eigenvalue weighted by atomic mass is 9.94. The van der Waals surface area contributed by atoms with Gasteiger partial charge in [0.2, 0.25) is 5.91 Å². The molecule has 1 aromatic carbocycles. The average molecular weight is 346 g/mol. The fraction of sp³-hybridized carbons (Fsp3) is 0.474. The summed E-state index contributed by atoms with van der Waals surface area (Å²) in [6.45, 7) is 5.66. The number of thiazole rings is 1. The average Bonchev–Trinajstić information content (AvgIpc) is 3.02. The summed E-state index contributed by atoms with van der Waals surface area (Å²) >= 11 is 1.73. The van der Waals surface area contributed by atoms with E-state index >= 15 is 0 Å². The molecule has 0 saturated carbocycles. The second-order valence-corrected chi connectivity index (χ2v) is 7.53. The number of hydrogen-bond acceptors (Lipinski definition) is 3. The van der Waals surface area contributed by atoms with Crippen molar-refractivity contribution < 1.29 is 9.18 Å². The first-order valence-corrected chi connectivity index (χ1v) is 9.36. The summed E-state index contributed by atoms with van der Waals surface area (Å²) in [4.78, 5) is 19.1. The van der Waals surface area contributed by atoms with Gasteiger partial charge in [-0.3, -0.25) is 4.79 Å². The van der Waals surface area contributed by atoms with Crippen LogP contribution in [-0.2, 0) is 4.79 Å². The molecule has 24 heavy (non-hydrogen) atoms. The van der Waals surface area contributed by atoms with Gasteiger partial charge in [-0.1, -0.05) is 19.1 Å². The Hall–Kier alpha value is -1.75. The SMILES string of the molecule is Cc1csc(C2CCN(C(=O)C[C@H](C)c3ccc(F)cc3)CC2)n1. The number of carbonyl (C=O) groups is 1. The number of aromatic nitrogens is 1. The molecule has 3 nitrogen and oxygen atoms in total. The van der Waals surface area contributed by atoms with E-state index < -0.39 is 0 Å². The van der Waals surface area contributed by atoms with E-state index in [0.29, 0.717) is 12.3 Å². The van der Waals surface area contributed by atoms with Crippen LogP contribution in [0.2, 0.25) is 0 Å². The highest BCUT2D eigenvalue weighted by Crippen LogP contribution is 2.31. The molecular formula is C19H23FN2OS. The number of piperidine rings is 1. The van der Waals surface area contributed by atoms with Crippen LogP contribution >= 0.6 is 11.3 Å². The van der Waals surface area contributed by atoms with Crippen LogP contribution < -0.4 is 0 Å². The van der Waals surface area contributed by atoms with Crippen LogP contribution in [0, 0.1) is 12.7 Å². The highest BCUT2D eigenvalue weighted by atomic mass is 32.1. The van der Waals surface area contributed by atoms with Gasteiger partial charge in [0, 0.05) is 36.5 Å². The topological polar surface area (TPSA) is 33.2 Å². The summed E-state index contributed by atoms with van der Waals surface area (Å²) in [6, 6.07) is 6.45. The minimum atomic E-state index is -0.239. The zero-order chi connectivity index (χ0) is 17.1. The molecule has 128 valence electrons. The quantitative estimate of drug-likeness (QED) is 0.817. The second-order valence-electron chi connectivity index (χ2n) is 6.64. The number of amides is 1. The van der Waals surface area contributed by atoms with E-state index in [1.165, 1.54) is 17.1 Å². The second kappa shape index (κ2) is 7.43. The number of halogens is 1. The summed E-state index contributed by atoms with van der Waals surface area (Å²) in [5.74, 6) is 0.553. The van der Waals surface area contributed by atoms with Crippen molar-refractivity contribution in [1.82, 2.24) is 9.88 Å². The fourth-order valence-corrected chi connectivity index (χ4v) is 4.20. The van der Waals surface area contributed by atoms with E-state index in [1.807, 2.05) is 18.7 Å². The Labute approximate surface area is 146 Å². The molecule has 5 heteroatoms. The van der Waals surface area contributed by atoms with Crippen molar-refractivity contribution in [1.29, 1.82) is 0 Å². The van der Waals surface area contributed by atoms with E-state index in [2.05, 4.69) is 10.4 Å². The van der Waals surface area contributed by atoms with Gasteiger partial charge in [-0.25, -0.2) is 9.37 Å². The first-order chi connectivity index (χ1) is 11.5. The summed E-state index contributed by atoms with van der Waals surface area (Å²) in [5, 5.41) is 3.30.